The van der Waals surface area contributed by atoms with Gasteiger partial charge in [-0.2, -0.15) is 48.3 Å². The lowest BCUT2D eigenvalue weighted by Crippen LogP contribution is -2.69. The molecule has 0 bridgehead atoms. The van der Waals surface area contributed by atoms with Gasteiger partial charge in [0.1, 0.15) is 0 Å². The van der Waals surface area contributed by atoms with E-state index in [1.807, 2.05) is 0 Å². The first kappa shape index (κ1) is 17.1. The van der Waals surface area contributed by atoms with Crippen LogP contribution in [0, 0.1) is 5.41 Å². The van der Waals surface area contributed by atoms with Gasteiger partial charge in [-0.3, -0.25) is 0 Å². The highest BCUT2D eigenvalue weighted by Gasteiger charge is 2.95. The summed E-state index contributed by atoms with van der Waals surface area (Å²) in [6, 6.07) is 0. The minimum absolute atomic E-state index is 0.989. The summed E-state index contributed by atoms with van der Waals surface area (Å²) in [4.78, 5) is 0.989. The van der Waals surface area contributed by atoms with Gasteiger partial charge in [-0.15, -0.1) is 4.94 Å². The average Bonchev–Trinajstić information content (AvgIpc) is 1.94. The monoisotopic (exact) mass is 304 g/mol. The third-order valence-corrected chi connectivity index (χ3v) is 1.81. The minimum Gasteiger partial charge on any atom is -0.171 e. The van der Waals surface area contributed by atoms with Crippen LogP contribution in [0.4, 0.5) is 52.8 Å². The molecule has 18 heavy (non-hydrogen) atoms. The van der Waals surface area contributed by atoms with Crippen LogP contribution in [0.1, 0.15) is 0 Å². The molecule has 0 aliphatic rings. The quantitative estimate of drug-likeness (QED) is 0.696. The number of hydrogen-bond donors (Lipinski definition) is 0. The molecule has 0 aromatic heterocycles. The van der Waals surface area contributed by atoms with Gasteiger partial charge in [0, 0.05) is 0 Å². The Bertz CT molecular complexity index is 257. The molecule has 0 spiro atoms. The van der Waals surface area contributed by atoms with E-state index in [-0.39, 0.29) is 0 Å². The van der Waals surface area contributed by atoms with Crippen LogP contribution in [0.5, 0.6) is 0 Å². The predicted octanol–water partition coefficient (Wildman–Crippen LogP) is 4.15. The molecule has 0 saturated carbocycles. The van der Waals surface area contributed by atoms with Crippen molar-refractivity contribution in [3.05, 3.63) is 0 Å². The second-order valence-corrected chi connectivity index (χ2v) is 2.84. The number of halogens is 12. The Balaban J connectivity index is 6.47. The average molecular weight is 304 g/mol. The zero-order valence-electron chi connectivity index (χ0n) is 7.44. The normalized spacial score (nSPS) is 16.0. The molecule has 110 valence electrons. The van der Waals surface area contributed by atoms with Gasteiger partial charge < -0.3 is 0 Å². The van der Waals surface area contributed by atoms with Crippen LogP contribution in [-0.2, 0) is 4.94 Å². The maximum atomic E-state index is 12.2. The van der Waals surface area contributed by atoms with Crippen LogP contribution >= 0.6 is 0 Å². The van der Waals surface area contributed by atoms with E-state index in [4.69, 9.17) is 0 Å². The highest BCUT2D eigenvalue weighted by atomic mass is 19.4. The molecular formula is C5F12O. The molecule has 0 N–H and O–H groups in total. The van der Waals surface area contributed by atoms with E-state index in [1.54, 1.807) is 0 Å². The summed E-state index contributed by atoms with van der Waals surface area (Å²) in [5.74, 6) is 0. The second-order valence-electron chi connectivity index (χ2n) is 2.84. The number of alkyl halides is 11. The van der Waals surface area contributed by atoms with Crippen LogP contribution in [0.15, 0.2) is 0 Å². The molecule has 0 rings (SSSR count). The molecule has 13 heteroatoms. The molecule has 0 aromatic rings. The molecule has 0 fully saturated rings. The van der Waals surface area contributed by atoms with E-state index < -0.39 is 30.1 Å². The minimum atomic E-state index is -7.67. The topological polar surface area (TPSA) is 9.23 Å². The summed E-state index contributed by atoms with van der Waals surface area (Å²) >= 11 is 0. The highest BCUT2D eigenvalue weighted by Crippen LogP contribution is 2.66. The van der Waals surface area contributed by atoms with Crippen molar-refractivity contribution in [2.75, 3.05) is 0 Å². The molecule has 0 aliphatic heterocycles. The van der Waals surface area contributed by atoms with Crippen molar-refractivity contribution in [3.8, 4) is 0 Å². The van der Waals surface area contributed by atoms with Crippen molar-refractivity contribution in [1.29, 1.82) is 0 Å². The summed E-state index contributed by atoms with van der Waals surface area (Å²) in [7, 11) is 0. The smallest absolute Gasteiger partial charge is 0.171 e. The Hall–Kier alpha value is -0.880. The standard InChI is InChI=1S/C5F12O/c6-2(7,8)1(3(9,10)11,4(12,13)14)5(15,16)18-17. The van der Waals surface area contributed by atoms with E-state index in [0.717, 1.165) is 4.94 Å². The van der Waals surface area contributed by atoms with Gasteiger partial charge in [0.05, 0.1) is 0 Å². The van der Waals surface area contributed by atoms with E-state index in [0.29, 0.717) is 0 Å². The lowest BCUT2D eigenvalue weighted by Gasteiger charge is -2.40. The fourth-order valence-electron chi connectivity index (χ4n) is 1.04. The Labute approximate surface area is 89.2 Å². The van der Waals surface area contributed by atoms with E-state index in [9.17, 15) is 52.8 Å². The van der Waals surface area contributed by atoms with E-state index in [2.05, 4.69) is 0 Å². The second kappa shape index (κ2) is 4.06. The van der Waals surface area contributed by atoms with Crippen LogP contribution in [-0.4, -0.2) is 24.6 Å². The van der Waals surface area contributed by atoms with Gasteiger partial charge in [0.25, 0.3) is 0 Å². The molecule has 0 radical (unpaired) electrons. The summed E-state index contributed by atoms with van der Waals surface area (Å²) in [5, 5.41) is 0. The molecular weight excluding hydrogens is 304 g/mol. The third kappa shape index (κ3) is 2.07. The first-order valence-electron chi connectivity index (χ1n) is 3.44. The fourth-order valence-corrected chi connectivity index (χ4v) is 1.04. The predicted molar refractivity (Wildman–Crippen MR) is 27.7 cm³/mol. The SMILES string of the molecule is FOC(F)(F)C(C(F)(F)F)(C(F)(F)F)C(F)(F)F. The zero-order valence-corrected chi connectivity index (χ0v) is 7.44. The molecule has 0 heterocycles. The maximum absolute atomic E-state index is 12.2. The van der Waals surface area contributed by atoms with E-state index in [1.165, 1.54) is 0 Å². The van der Waals surface area contributed by atoms with Crippen LogP contribution in [0.3, 0.4) is 0 Å². The summed E-state index contributed by atoms with van der Waals surface area (Å²) in [6.07, 6.45) is -30.0. The Morgan fingerprint density at radius 2 is 0.722 bits per heavy atom. The fraction of sp³-hybridized carbons (Fsp3) is 1.00. The van der Waals surface area contributed by atoms with Gasteiger partial charge in [0.15, 0.2) is 0 Å². The van der Waals surface area contributed by atoms with Crippen LogP contribution < -0.4 is 0 Å². The summed E-state index contributed by atoms with van der Waals surface area (Å²) < 4.78 is 142. The Morgan fingerprint density at radius 1 is 0.500 bits per heavy atom. The molecule has 1 nitrogen and oxygen atoms in total. The number of rotatable bonds is 2. The summed E-state index contributed by atoms with van der Waals surface area (Å²) in [6.45, 7) is 0. The van der Waals surface area contributed by atoms with Crippen molar-refractivity contribution >= 4 is 0 Å². The largest absolute Gasteiger partial charge is 0.421 e. The third-order valence-electron chi connectivity index (χ3n) is 1.81. The lowest BCUT2D eigenvalue weighted by atomic mass is 9.83. The van der Waals surface area contributed by atoms with Crippen LogP contribution in [0.25, 0.3) is 0 Å². The number of hydrogen-bond acceptors (Lipinski definition) is 1. The first-order valence-corrected chi connectivity index (χ1v) is 3.44. The van der Waals surface area contributed by atoms with Gasteiger partial charge >= 0.3 is 30.1 Å². The first-order chi connectivity index (χ1) is 7.56. The molecule has 0 aromatic carbocycles. The Morgan fingerprint density at radius 3 is 0.778 bits per heavy atom. The van der Waals surface area contributed by atoms with Crippen molar-refractivity contribution in [2.45, 2.75) is 24.6 Å². The van der Waals surface area contributed by atoms with Crippen molar-refractivity contribution in [2.24, 2.45) is 5.41 Å². The van der Waals surface area contributed by atoms with Crippen molar-refractivity contribution < 1.29 is 57.8 Å². The molecule has 0 unspecified atom stereocenters. The van der Waals surface area contributed by atoms with Gasteiger partial charge in [-0.1, -0.05) is 0 Å². The highest BCUT2D eigenvalue weighted by molar-refractivity contribution is 5.04. The van der Waals surface area contributed by atoms with Crippen LogP contribution in [0.2, 0.25) is 0 Å². The lowest BCUT2D eigenvalue weighted by molar-refractivity contribution is -0.541. The van der Waals surface area contributed by atoms with E-state index >= 15 is 0 Å². The molecule has 0 aliphatic carbocycles. The Kier molecular flexibility index (Phi) is 3.86. The van der Waals surface area contributed by atoms with Crippen molar-refractivity contribution in [1.82, 2.24) is 0 Å². The molecule has 0 saturated heterocycles. The summed E-state index contributed by atoms with van der Waals surface area (Å²) in [5.41, 5.74) is -7.67. The van der Waals surface area contributed by atoms with Gasteiger partial charge in [-0.05, 0) is 4.53 Å². The molecule has 0 atom stereocenters. The molecule has 0 amide bonds. The van der Waals surface area contributed by atoms with Gasteiger partial charge in [0.2, 0.25) is 0 Å². The van der Waals surface area contributed by atoms with Gasteiger partial charge in [-0.25, -0.2) is 0 Å². The maximum Gasteiger partial charge on any atom is 0.421 e. The zero-order chi connectivity index (χ0) is 15.2. The van der Waals surface area contributed by atoms with Crippen molar-refractivity contribution in [3.63, 3.8) is 0 Å².